The number of nitrogens with two attached hydrogens (primary N) is 1. The smallest absolute Gasteiger partial charge is 0.257 e. The second-order valence-electron chi connectivity index (χ2n) is 5.78. The van der Waals surface area contributed by atoms with E-state index in [1.807, 2.05) is 4.90 Å². The first-order valence-corrected chi connectivity index (χ1v) is 8.53. The van der Waals surface area contributed by atoms with Crippen LogP contribution < -0.4 is 10.5 Å². The molecule has 0 bridgehead atoms. The van der Waals surface area contributed by atoms with Crippen LogP contribution >= 0.6 is 11.6 Å². The number of rotatable bonds is 6. The molecule has 25 heavy (non-hydrogen) atoms. The third-order valence-corrected chi connectivity index (χ3v) is 4.28. The minimum Gasteiger partial charge on any atom is -0.491 e. The summed E-state index contributed by atoms with van der Waals surface area (Å²) in [6, 6.07) is 5.07. The molecule has 3 rings (SSSR count). The van der Waals surface area contributed by atoms with Crippen LogP contribution in [0.1, 0.15) is 16.2 Å². The van der Waals surface area contributed by atoms with Gasteiger partial charge in [0.2, 0.25) is 0 Å². The minimum atomic E-state index is -0.0752. The number of aromatic nitrogens is 3. The first-order chi connectivity index (χ1) is 12.2. The molecular weight excluding hydrogens is 344 g/mol. The molecule has 1 aliphatic heterocycles. The Kier molecular flexibility index (Phi) is 5.85. The molecule has 2 heterocycles. The summed E-state index contributed by atoms with van der Waals surface area (Å²) < 4.78 is 5.58. The maximum Gasteiger partial charge on any atom is 0.257 e. The van der Waals surface area contributed by atoms with E-state index in [1.165, 1.54) is 6.33 Å². The van der Waals surface area contributed by atoms with Crippen LogP contribution in [0.5, 0.6) is 5.75 Å². The van der Waals surface area contributed by atoms with E-state index in [1.54, 1.807) is 18.2 Å². The highest BCUT2D eigenvalue weighted by molar-refractivity contribution is 6.31. The standard InChI is InChI=1S/C16H21ClN6O2/c17-12-1-2-14(25-8-3-18)13(9-12)16(24)23-6-4-22(5-7-23)10-15-19-11-20-21-15/h1-2,9,11H,3-8,10,18H2,(H,19,20,21). The van der Waals surface area contributed by atoms with E-state index >= 15 is 0 Å². The number of piperazine rings is 1. The van der Waals surface area contributed by atoms with Gasteiger partial charge in [0.05, 0.1) is 12.1 Å². The van der Waals surface area contributed by atoms with Crippen molar-refractivity contribution in [3.63, 3.8) is 0 Å². The van der Waals surface area contributed by atoms with Crippen LogP contribution in [0.2, 0.25) is 5.02 Å². The van der Waals surface area contributed by atoms with Crippen molar-refractivity contribution in [1.29, 1.82) is 0 Å². The number of ether oxygens (including phenoxy) is 1. The summed E-state index contributed by atoms with van der Waals surface area (Å²) in [7, 11) is 0. The number of aromatic amines is 1. The fourth-order valence-electron chi connectivity index (χ4n) is 2.76. The highest BCUT2D eigenvalue weighted by Crippen LogP contribution is 2.25. The van der Waals surface area contributed by atoms with Crippen molar-refractivity contribution in [3.8, 4) is 5.75 Å². The highest BCUT2D eigenvalue weighted by atomic mass is 35.5. The van der Waals surface area contributed by atoms with Gasteiger partial charge in [-0.3, -0.25) is 14.8 Å². The number of hydrogen-bond donors (Lipinski definition) is 2. The van der Waals surface area contributed by atoms with Gasteiger partial charge in [-0.15, -0.1) is 0 Å². The van der Waals surface area contributed by atoms with Crippen LogP contribution in [-0.2, 0) is 6.54 Å². The molecule has 1 saturated heterocycles. The Labute approximate surface area is 150 Å². The maximum absolute atomic E-state index is 12.9. The van der Waals surface area contributed by atoms with Crippen LogP contribution in [-0.4, -0.2) is 70.2 Å². The molecule has 1 fully saturated rings. The lowest BCUT2D eigenvalue weighted by molar-refractivity contribution is 0.0621. The molecule has 2 aromatic rings. The minimum absolute atomic E-state index is 0.0752. The van der Waals surface area contributed by atoms with Crippen LogP contribution in [0.4, 0.5) is 0 Å². The zero-order valence-corrected chi connectivity index (χ0v) is 14.6. The van der Waals surface area contributed by atoms with E-state index in [0.717, 1.165) is 18.9 Å². The molecule has 134 valence electrons. The van der Waals surface area contributed by atoms with Crippen molar-refractivity contribution < 1.29 is 9.53 Å². The van der Waals surface area contributed by atoms with Gasteiger partial charge in [0.1, 0.15) is 24.5 Å². The zero-order chi connectivity index (χ0) is 17.6. The van der Waals surface area contributed by atoms with Crippen molar-refractivity contribution >= 4 is 17.5 Å². The zero-order valence-electron chi connectivity index (χ0n) is 13.8. The van der Waals surface area contributed by atoms with Crippen LogP contribution in [0.15, 0.2) is 24.5 Å². The van der Waals surface area contributed by atoms with Gasteiger partial charge in [-0.2, -0.15) is 5.10 Å². The Morgan fingerprint density at radius 3 is 2.80 bits per heavy atom. The largest absolute Gasteiger partial charge is 0.491 e. The van der Waals surface area contributed by atoms with Crippen LogP contribution in [0, 0.1) is 0 Å². The van der Waals surface area contributed by atoms with Crippen LogP contribution in [0.25, 0.3) is 0 Å². The summed E-state index contributed by atoms with van der Waals surface area (Å²) in [6.07, 6.45) is 1.50. The highest BCUT2D eigenvalue weighted by Gasteiger charge is 2.25. The molecule has 1 aliphatic rings. The van der Waals surface area contributed by atoms with Crippen molar-refractivity contribution in [2.75, 3.05) is 39.3 Å². The fourth-order valence-corrected chi connectivity index (χ4v) is 2.93. The summed E-state index contributed by atoms with van der Waals surface area (Å²) in [5.41, 5.74) is 5.96. The number of H-pyrrole nitrogens is 1. The lowest BCUT2D eigenvalue weighted by atomic mass is 10.1. The number of carbonyl (C=O) groups excluding carboxylic acids is 1. The third kappa shape index (κ3) is 4.47. The monoisotopic (exact) mass is 364 g/mol. The normalized spacial score (nSPS) is 15.4. The van der Waals surface area contributed by atoms with Crippen molar-refractivity contribution in [3.05, 3.63) is 40.9 Å². The van der Waals surface area contributed by atoms with E-state index in [-0.39, 0.29) is 5.91 Å². The summed E-state index contributed by atoms with van der Waals surface area (Å²) >= 11 is 6.06. The number of halogens is 1. The van der Waals surface area contributed by atoms with Gasteiger partial charge >= 0.3 is 0 Å². The number of carbonyl (C=O) groups is 1. The topological polar surface area (TPSA) is 100 Å². The average Bonchev–Trinajstić information content (AvgIpc) is 3.14. The van der Waals surface area contributed by atoms with Gasteiger partial charge in [-0.05, 0) is 18.2 Å². The molecule has 0 unspecified atom stereocenters. The van der Waals surface area contributed by atoms with Gasteiger partial charge in [0.15, 0.2) is 0 Å². The number of nitrogens with one attached hydrogen (secondary N) is 1. The Hall–Kier alpha value is -2.16. The molecule has 8 nitrogen and oxygen atoms in total. The molecule has 0 spiro atoms. The van der Waals surface area contributed by atoms with Crippen molar-refractivity contribution in [2.45, 2.75) is 6.54 Å². The molecule has 1 amide bonds. The van der Waals surface area contributed by atoms with E-state index in [9.17, 15) is 4.79 Å². The number of nitrogens with zero attached hydrogens (tertiary/aromatic N) is 4. The predicted octanol–water partition coefficient (Wildman–Crippen LogP) is 0.754. The Bertz CT molecular complexity index is 701. The quantitative estimate of drug-likeness (QED) is 0.784. The van der Waals surface area contributed by atoms with Crippen molar-refractivity contribution in [1.82, 2.24) is 25.0 Å². The molecule has 0 radical (unpaired) electrons. The molecule has 1 aromatic heterocycles. The fraction of sp³-hybridized carbons (Fsp3) is 0.438. The van der Waals surface area contributed by atoms with Gasteiger partial charge < -0.3 is 15.4 Å². The Balaban J connectivity index is 1.63. The average molecular weight is 365 g/mol. The lowest BCUT2D eigenvalue weighted by Crippen LogP contribution is -2.48. The molecule has 3 N–H and O–H groups in total. The van der Waals surface area contributed by atoms with E-state index in [2.05, 4.69) is 20.1 Å². The van der Waals surface area contributed by atoms with Crippen LogP contribution in [0.3, 0.4) is 0 Å². The van der Waals surface area contributed by atoms with E-state index in [0.29, 0.717) is 49.1 Å². The van der Waals surface area contributed by atoms with Gasteiger partial charge in [0.25, 0.3) is 5.91 Å². The van der Waals surface area contributed by atoms with Crippen molar-refractivity contribution in [2.24, 2.45) is 5.73 Å². The number of hydrogen-bond acceptors (Lipinski definition) is 6. The maximum atomic E-state index is 12.9. The van der Waals surface area contributed by atoms with Gasteiger partial charge in [0, 0.05) is 37.7 Å². The van der Waals surface area contributed by atoms with E-state index < -0.39 is 0 Å². The van der Waals surface area contributed by atoms with E-state index in [4.69, 9.17) is 22.1 Å². The number of benzene rings is 1. The Morgan fingerprint density at radius 1 is 1.32 bits per heavy atom. The molecule has 0 atom stereocenters. The summed E-state index contributed by atoms with van der Waals surface area (Å²) in [4.78, 5) is 21.0. The summed E-state index contributed by atoms with van der Waals surface area (Å²) in [5, 5.41) is 7.21. The van der Waals surface area contributed by atoms with Gasteiger partial charge in [-0.25, -0.2) is 4.98 Å². The number of amides is 1. The molecular formula is C16H21ClN6O2. The molecule has 1 aromatic carbocycles. The Morgan fingerprint density at radius 2 is 2.12 bits per heavy atom. The van der Waals surface area contributed by atoms with Gasteiger partial charge in [-0.1, -0.05) is 11.6 Å². The first kappa shape index (κ1) is 17.7. The predicted molar refractivity (Wildman–Crippen MR) is 93.6 cm³/mol. The first-order valence-electron chi connectivity index (χ1n) is 8.15. The molecule has 0 saturated carbocycles. The third-order valence-electron chi connectivity index (χ3n) is 4.05. The SMILES string of the molecule is NCCOc1ccc(Cl)cc1C(=O)N1CCN(Cc2ncn[nH]2)CC1. The second kappa shape index (κ2) is 8.28. The lowest BCUT2D eigenvalue weighted by Gasteiger charge is -2.34. The second-order valence-corrected chi connectivity index (χ2v) is 6.21. The molecule has 0 aliphatic carbocycles. The summed E-state index contributed by atoms with van der Waals surface area (Å²) in [6.45, 7) is 4.25. The molecule has 9 heteroatoms. The summed E-state index contributed by atoms with van der Waals surface area (Å²) in [5.74, 6) is 1.27.